The Hall–Kier alpha value is -1.81. The third-order valence-corrected chi connectivity index (χ3v) is 3.33. The molecular weight excluding hydrogens is 254 g/mol. The highest BCUT2D eigenvalue weighted by Gasteiger charge is 2.06. The normalized spacial score (nSPS) is 12.8. The standard InChI is InChI=1S/C16H23NO3/c1-4-13(2)17(3)10-11-20-15-7-5-6-14(12-15)8-9-16(18)19/h5-9,12-13H,4,10-11H2,1-3H3,(H,18,19). The Morgan fingerprint density at radius 1 is 1.50 bits per heavy atom. The molecule has 1 N–H and O–H groups in total. The van der Waals surface area contributed by atoms with Gasteiger partial charge in [-0.25, -0.2) is 4.79 Å². The Balaban J connectivity index is 2.48. The van der Waals surface area contributed by atoms with E-state index in [0.29, 0.717) is 12.6 Å². The van der Waals surface area contributed by atoms with E-state index in [1.807, 2.05) is 24.3 Å². The van der Waals surface area contributed by atoms with Crippen molar-refractivity contribution >= 4 is 12.0 Å². The number of carboxylic acid groups (broad SMARTS) is 1. The molecular formula is C16H23NO3. The summed E-state index contributed by atoms with van der Waals surface area (Å²) in [4.78, 5) is 12.7. The highest BCUT2D eigenvalue weighted by Crippen LogP contribution is 2.14. The fourth-order valence-corrected chi connectivity index (χ4v) is 1.72. The van der Waals surface area contributed by atoms with Crippen molar-refractivity contribution in [2.45, 2.75) is 26.3 Å². The first-order valence-corrected chi connectivity index (χ1v) is 6.87. The van der Waals surface area contributed by atoms with Crippen LogP contribution < -0.4 is 4.74 Å². The third-order valence-electron chi connectivity index (χ3n) is 3.33. The fraction of sp³-hybridized carbons (Fsp3) is 0.438. The summed E-state index contributed by atoms with van der Waals surface area (Å²) < 4.78 is 5.70. The van der Waals surface area contributed by atoms with Crippen LogP contribution >= 0.6 is 0 Å². The molecule has 4 nitrogen and oxygen atoms in total. The Morgan fingerprint density at radius 3 is 2.90 bits per heavy atom. The van der Waals surface area contributed by atoms with Crippen LogP contribution in [0.1, 0.15) is 25.8 Å². The van der Waals surface area contributed by atoms with Gasteiger partial charge < -0.3 is 14.7 Å². The van der Waals surface area contributed by atoms with Gasteiger partial charge in [0.05, 0.1) is 0 Å². The van der Waals surface area contributed by atoms with Crippen molar-refractivity contribution in [3.05, 3.63) is 35.9 Å². The molecule has 0 saturated carbocycles. The average Bonchev–Trinajstić information content (AvgIpc) is 2.44. The van der Waals surface area contributed by atoms with Gasteiger partial charge in [-0.1, -0.05) is 19.1 Å². The number of rotatable bonds is 8. The zero-order chi connectivity index (χ0) is 15.0. The number of hydrogen-bond acceptors (Lipinski definition) is 3. The van der Waals surface area contributed by atoms with E-state index in [0.717, 1.165) is 30.4 Å². The highest BCUT2D eigenvalue weighted by atomic mass is 16.5. The maximum absolute atomic E-state index is 10.5. The van der Waals surface area contributed by atoms with E-state index < -0.39 is 5.97 Å². The van der Waals surface area contributed by atoms with Gasteiger partial charge in [0.2, 0.25) is 0 Å². The monoisotopic (exact) mass is 277 g/mol. The van der Waals surface area contributed by atoms with Crippen LogP contribution in [0.3, 0.4) is 0 Å². The fourth-order valence-electron chi connectivity index (χ4n) is 1.72. The molecule has 1 rings (SSSR count). The van der Waals surface area contributed by atoms with Gasteiger partial charge >= 0.3 is 5.97 Å². The molecule has 1 aromatic rings. The van der Waals surface area contributed by atoms with Crippen molar-refractivity contribution in [1.82, 2.24) is 4.90 Å². The highest BCUT2D eigenvalue weighted by molar-refractivity contribution is 5.85. The van der Waals surface area contributed by atoms with Crippen LogP contribution in [0.2, 0.25) is 0 Å². The van der Waals surface area contributed by atoms with Gasteiger partial charge in [0.25, 0.3) is 0 Å². The van der Waals surface area contributed by atoms with E-state index in [2.05, 4.69) is 25.8 Å². The number of nitrogens with zero attached hydrogens (tertiary/aromatic N) is 1. The maximum atomic E-state index is 10.5. The Morgan fingerprint density at radius 2 is 2.25 bits per heavy atom. The van der Waals surface area contributed by atoms with Crippen LogP contribution in [0.4, 0.5) is 0 Å². The molecule has 1 unspecified atom stereocenters. The summed E-state index contributed by atoms with van der Waals surface area (Å²) in [5, 5.41) is 8.60. The number of aliphatic carboxylic acids is 1. The lowest BCUT2D eigenvalue weighted by Crippen LogP contribution is -2.32. The van der Waals surface area contributed by atoms with Crippen molar-refractivity contribution in [1.29, 1.82) is 0 Å². The van der Waals surface area contributed by atoms with Gasteiger partial charge in [0.1, 0.15) is 12.4 Å². The molecule has 0 fully saturated rings. The van der Waals surface area contributed by atoms with E-state index in [4.69, 9.17) is 9.84 Å². The summed E-state index contributed by atoms with van der Waals surface area (Å²) in [5.74, 6) is -0.193. The van der Waals surface area contributed by atoms with Crippen LogP contribution in [-0.2, 0) is 4.79 Å². The second-order valence-electron chi connectivity index (χ2n) is 4.83. The molecule has 0 aromatic heterocycles. The predicted molar refractivity (Wildman–Crippen MR) is 81.0 cm³/mol. The summed E-state index contributed by atoms with van der Waals surface area (Å²) >= 11 is 0. The summed E-state index contributed by atoms with van der Waals surface area (Å²) in [6, 6.07) is 7.96. The molecule has 1 atom stereocenters. The first-order chi connectivity index (χ1) is 9.52. The molecule has 0 saturated heterocycles. The van der Waals surface area contributed by atoms with E-state index in [9.17, 15) is 4.79 Å². The van der Waals surface area contributed by atoms with Crippen LogP contribution in [-0.4, -0.2) is 42.2 Å². The zero-order valence-electron chi connectivity index (χ0n) is 12.4. The number of carbonyl (C=O) groups is 1. The summed E-state index contributed by atoms with van der Waals surface area (Å²) in [7, 11) is 2.09. The second kappa shape index (κ2) is 8.38. The minimum atomic E-state index is -0.952. The number of carboxylic acids is 1. The molecule has 0 aliphatic heterocycles. The van der Waals surface area contributed by atoms with Crippen LogP contribution in [0, 0.1) is 0 Å². The second-order valence-corrected chi connectivity index (χ2v) is 4.83. The van der Waals surface area contributed by atoms with Crippen molar-refractivity contribution in [3.8, 4) is 5.75 Å². The largest absolute Gasteiger partial charge is 0.492 e. The summed E-state index contributed by atoms with van der Waals surface area (Å²) in [6.45, 7) is 5.84. The molecule has 4 heteroatoms. The van der Waals surface area contributed by atoms with Crippen molar-refractivity contribution < 1.29 is 14.6 Å². The molecule has 110 valence electrons. The molecule has 0 bridgehead atoms. The van der Waals surface area contributed by atoms with E-state index in [1.165, 1.54) is 0 Å². The minimum Gasteiger partial charge on any atom is -0.492 e. The van der Waals surface area contributed by atoms with Crippen molar-refractivity contribution in [2.75, 3.05) is 20.2 Å². The van der Waals surface area contributed by atoms with Crippen molar-refractivity contribution in [2.24, 2.45) is 0 Å². The number of benzene rings is 1. The van der Waals surface area contributed by atoms with Crippen LogP contribution in [0.15, 0.2) is 30.3 Å². The number of ether oxygens (including phenoxy) is 1. The lowest BCUT2D eigenvalue weighted by Gasteiger charge is -2.23. The van der Waals surface area contributed by atoms with Gasteiger partial charge in [0, 0.05) is 18.7 Å². The molecule has 0 amide bonds. The molecule has 20 heavy (non-hydrogen) atoms. The first-order valence-electron chi connectivity index (χ1n) is 6.87. The van der Waals surface area contributed by atoms with Gasteiger partial charge in [-0.2, -0.15) is 0 Å². The lowest BCUT2D eigenvalue weighted by molar-refractivity contribution is -0.131. The van der Waals surface area contributed by atoms with Crippen LogP contribution in [0.25, 0.3) is 6.08 Å². The van der Waals surface area contributed by atoms with Gasteiger partial charge in [0.15, 0.2) is 0 Å². The van der Waals surface area contributed by atoms with E-state index in [-0.39, 0.29) is 0 Å². The smallest absolute Gasteiger partial charge is 0.328 e. The Labute approximate surface area is 120 Å². The molecule has 0 spiro atoms. The van der Waals surface area contributed by atoms with E-state index >= 15 is 0 Å². The summed E-state index contributed by atoms with van der Waals surface area (Å²) in [6.07, 6.45) is 3.79. The number of likely N-dealkylation sites (N-methyl/N-ethyl adjacent to an activating group) is 1. The summed E-state index contributed by atoms with van der Waals surface area (Å²) in [5.41, 5.74) is 0.820. The molecule has 0 aliphatic rings. The molecule has 0 aliphatic carbocycles. The third kappa shape index (κ3) is 5.89. The Bertz CT molecular complexity index is 457. The minimum absolute atomic E-state index is 0.545. The molecule has 0 radical (unpaired) electrons. The first kappa shape index (κ1) is 16.2. The number of hydrogen-bond donors (Lipinski definition) is 1. The average molecular weight is 277 g/mol. The van der Waals surface area contributed by atoms with Crippen LogP contribution in [0.5, 0.6) is 5.75 Å². The molecule has 0 heterocycles. The Kier molecular flexibility index (Phi) is 6.81. The SMILES string of the molecule is CCC(C)N(C)CCOc1cccc(C=CC(=O)O)c1. The topological polar surface area (TPSA) is 49.8 Å². The van der Waals surface area contributed by atoms with Crippen molar-refractivity contribution in [3.63, 3.8) is 0 Å². The lowest BCUT2D eigenvalue weighted by atomic mass is 10.2. The van der Waals surface area contributed by atoms with Gasteiger partial charge in [-0.3, -0.25) is 0 Å². The zero-order valence-corrected chi connectivity index (χ0v) is 12.4. The van der Waals surface area contributed by atoms with Gasteiger partial charge in [-0.05, 0) is 44.2 Å². The predicted octanol–water partition coefficient (Wildman–Crippen LogP) is 2.89. The van der Waals surface area contributed by atoms with Gasteiger partial charge in [-0.15, -0.1) is 0 Å². The van der Waals surface area contributed by atoms with E-state index in [1.54, 1.807) is 6.08 Å². The molecule has 1 aromatic carbocycles. The quantitative estimate of drug-likeness (QED) is 0.742. The maximum Gasteiger partial charge on any atom is 0.328 e.